The van der Waals surface area contributed by atoms with Crippen LogP contribution in [0.25, 0.3) is 5.52 Å². The average Bonchev–Trinajstić information content (AvgIpc) is 3.10. The van der Waals surface area contributed by atoms with Gasteiger partial charge in [-0.1, -0.05) is 6.07 Å². The van der Waals surface area contributed by atoms with Gasteiger partial charge in [0.05, 0.1) is 30.6 Å². The molecule has 6 heteroatoms. The smallest absolute Gasteiger partial charge is 0.218 e. The molecular weight excluding hydrogens is 256 g/mol. The average molecular weight is 270 g/mol. The van der Waals surface area contributed by atoms with Gasteiger partial charge >= 0.3 is 0 Å². The summed E-state index contributed by atoms with van der Waals surface area (Å²) < 4.78 is 8.53. The third-order valence-corrected chi connectivity index (χ3v) is 3.21. The van der Waals surface area contributed by atoms with Crippen molar-refractivity contribution < 1.29 is 9.53 Å². The number of carbonyl (C=O) groups excluding carboxylic acids is 1. The summed E-state index contributed by atoms with van der Waals surface area (Å²) in [6, 6.07) is 5.60. The van der Waals surface area contributed by atoms with Crippen molar-refractivity contribution in [3.8, 4) is 5.75 Å². The molecule has 0 N–H and O–H groups in total. The second-order valence-corrected chi connectivity index (χ2v) is 4.30. The molecule has 3 rings (SSSR count). The van der Waals surface area contributed by atoms with Gasteiger partial charge < -0.3 is 4.74 Å². The number of ketones is 1. The first kappa shape index (κ1) is 12.4. The molecule has 0 aromatic carbocycles. The van der Waals surface area contributed by atoms with Gasteiger partial charge in [-0.05, 0) is 19.1 Å². The van der Waals surface area contributed by atoms with Crippen LogP contribution in [0.3, 0.4) is 0 Å². The van der Waals surface area contributed by atoms with Crippen LogP contribution in [0.4, 0.5) is 0 Å². The maximum Gasteiger partial charge on any atom is 0.218 e. The van der Waals surface area contributed by atoms with Crippen molar-refractivity contribution in [1.82, 2.24) is 19.4 Å². The van der Waals surface area contributed by atoms with E-state index in [1.54, 1.807) is 27.8 Å². The molecule has 102 valence electrons. The molecule has 3 heterocycles. The zero-order chi connectivity index (χ0) is 14.1. The van der Waals surface area contributed by atoms with E-state index in [0.717, 1.165) is 5.52 Å². The van der Waals surface area contributed by atoms with Gasteiger partial charge in [0, 0.05) is 12.7 Å². The molecule has 0 unspecified atom stereocenters. The highest BCUT2D eigenvalue weighted by molar-refractivity contribution is 6.13. The van der Waals surface area contributed by atoms with Crippen LogP contribution >= 0.6 is 0 Å². The van der Waals surface area contributed by atoms with Crippen molar-refractivity contribution in [2.75, 3.05) is 7.11 Å². The molecule has 0 aliphatic heterocycles. The van der Waals surface area contributed by atoms with E-state index in [1.165, 1.54) is 7.11 Å². The number of nitrogens with zero attached hydrogens (tertiary/aromatic N) is 4. The molecule has 0 aliphatic carbocycles. The summed E-state index contributed by atoms with van der Waals surface area (Å²) in [7, 11) is 1.53. The van der Waals surface area contributed by atoms with Crippen LogP contribution in [-0.4, -0.2) is 32.3 Å². The first-order valence-electron chi connectivity index (χ1n) is 6.33. The molecule has 20 heavy (non-hydrogen) atoms. The minimum absolute atomic E-state index is 0.137. The summed E-state index contributed by atoms with van der Waals surface area (Å²) in [5.74, 6) is 0.342. The van der Waals surface area contributed by atoms with Gasteiger partial charge in [0.25, 0.3) is 0 Å². The number of hydrogen-bond acceptors (Lipinski definition) is 4. The molecule has 0 spiro atoms. The van der Waals surface area contributed by atoms with E-state index < -0.39 is 0 Å². The molecule has 0 saturated carbocycles. The Bertz CT molecular complexity index is 751. The number of carbonyl (C=O) groups is 1. The molecule has 0 fully saturated rings. The highest BCUT2D eigenvalue weighted by atomic mass is 16.5. The van der Waals surface area contributed by atoms with Crippen molar-refractivity contribution >= 4 is 11.3 Å². The maximum atomic E-state index is 12.7. The van der Waals surface area contributed by atoms with Crippen LogP contribution in [0.5, 0.6) is 5.75 Å². The molecule has 0 aliphatic rings. The Kier molecular flexibility index (Phi) is 2.98. The summed E-state index contributed by atoms with van der Waals surface area (Å²) in [6.45, 7) is 2.53. The lowest BCUT2D eigenvalue weighted by Gasteiger charge is -2.05. The van der Waals surface area contributed by atoms with Gasteiger partial charge in [-0.2, -0.15) is 10.2 Å². The Balaban J connectivity index is 2.15. The lowest BCUT2D eigenvalue weighted by Crippen LogP contribution is -2.11. The summed E-state index contributed by atoms with van der Waals surface area (Å²) in [5, 5.41) is 8.35. The van der Waals surface area contributed by atoms with Crippen molar-refractivity contribution in [3.63, 3.8) is 0 Å². The number of methoxy groups -OCH3 is 1. The van der Waals surface area contributed by atoms with Crippen LogP contribution in [0.1, 0.15) is 23.0 Å². The van der Waals surface area contributed by atoms with Gasteiger partial charge in [0.1, 0.15) is 0 Å². The summed E-state index contributed by atoms with van der Waals surface area (Å²) >= 11 is 0. The van der Waals surface area contributed by atoms with Crippen LogP contribution < -0.4 is 4.74 Å². The monoisotopic (exact) mass is 270 g/mol. The normalized spacial score (nSPS) is 10.9. The minimum Gasteiger partial charge on any atom is -0.493 e. The van der Waals surface area contributed by atoms with Crippen LogP contribution in [-0.2, 0) is 6.54 Å². The Morgan fingerprint density at radius 1 is 1.30 bits per heavy atom. The van der Waals surface area contributed by atoms with Crippen LogP contribution in [0.15, 0.2) is 36.8 Å². The van der Waals surface area contributed by atoms with E-state index in [1.807, 2.05) is 25.1 Å². The van der Waals surface area contributed by atoms with E-state index in [-0.39, 0.29) is 5.78 Å². The molecule has 3 aromatic rings. The molecule has 0 saturated heterocycles. The fourth-order valence-corrected chi connectivity index (χ4v) is 2.22. The van der Waals surface area contributed by atoms with Crippen molar-refractivity contribution in [2.24, 2.45) is 0 Å². The van der Waals surface area contributed by atoms with Crippen molar-refractivity contribution in [1.29, 1.82) is 0 Å². The van der Waals surface area contributed by atoms with Crippen molar-refractivity contribution in [2.45, 2.75) is 13.5 Å². The summed E-state index contributed by atoms with van der Waals surface area (Å²) in [6.07, 6.45) is 4.94. The Morgan fingerprint density at radius 3 is 2.90 bits per heavy atom. The number of aromatic nitrogens is 4. The molecule has 3 aromatic heterocycles. The fourth-order valence-electron chi connectivity index (χ4n) is 2.22. The van der Waals surface area contributed by atoms with Gasteiger partial charge in [0.15, 0.2) is 11.4 Å². The summed E-state index contributed by atoms with van der Waals surface area (Å²) in [4.78, 5) is 12.7. The van der Waals surface area contributed by atoms with Gasteiger partial charge in [-0.15, -0.1) is 0 Å². The van der Waals surface area contributed by atoms with Gasteiger partial charge in [-0.3, -0.25) is 9.48 Å². The molecule has 0 atom stereocenters. The standard InChI is InChI=1S/C14H14N4O2/c1-3-17-13(12(20-2)9-16-17)14(19)10-8-15-18-7-5-4-6-11(10)18/h4-9H,3H2,1-2H3. The predicted molar refractivity (Wildman–Crippen MR) is 73.1 cm³/mol. The minimum atomic E-state index is -0.137. The predicted octanol–water partition coefficient (Wildman–Crippen LogP) is 1.79. The van der Waals surface area contributed by atoms with E-state index in [4.69, 9.17) is 4.74 Å². The molecule has 0 amide bonds. The van der Waals surface area contributed by atoms with E-state index in [9.17, 15) is 4.79 Å². The SMILES string of the molecule is CCn1ncc(OC)c1C(=O)c1cnn2ccccc12. The quantitative estimate of drug-likeness (QED) is 0.678. The highest BCUT2D eigenvalue weighted by Crippen LogP contribution is 2.23. The number of rotatable bonds is 4. The number of hydrogen-bond donors (Lipinski definition) is 0. The van der Waals surface area contributed by atoms with Crippen molar-refractivity contribution in [3.05, 3.63) is 48.0 Å². The second-order valence-electron chi connectivity index (χ2n) is 4.30. The molecule has 6 nitrogen and oxygen atoms in total. The molecule has 0 bridgehead atoms. The topological polar surface area (TPSA) is 61.4 Å². The highest BCUT2D eigenvalue weighted by Gasteiger charge is 2.23. The molecular formula is C14H14N4O2. The third-order valence-electron chi connectivity index (χ3n) is 3.21. The third kappa shape index (κ3) is 1.77. The maximum absolute atomic E-state index is 12.7. The zero-order valence-electron chi connectivity index (χ0n) is 11.3. The Labute approximate surface area is 115 Å². The largest absolute Gasteiger partial charge is 0.493 e. The lowest BCUT2D eigenvalue weighted by atomic mass is 10.1. The molecule has 0 radical (unpaired) electrons. The number of pyridine rings is 1. The Morgan fingerprint density at radius 2 is 2.15 bits per heavy atom. The first-order valence-corrected chi connectivity index (χ1v) is 6.33. The summed E-state index contributed by atoms with van der Waals surface area (Å²) in [5.41, 5.74) is 1.76. The van der Waals surface area contributed by atoms with E-state index in [0.29, 0.717) is 23.6 Å². The number of aryl methyl sites for hydroxylation is 1. The second kappa shape index (κ2) is 4.80. The van der Waals surface area contributed by atoms with Gasteiger partial charge in [0.2, 0.25) is 5.78 Å². The lowest BCUT2D eigenvalue weighted by molar-refractivity contribution is 0.102. The van der Waals surface area contributed by atoms with Crippen LogP contribution in [0, 0.1) is 0 Å². The first-order chi connectivity index (χ1) is 9.76. The van der Waals surface area contributed by atoms with E-state index >= 15 is 0 Å². The Hall–Kier alpha value is -2.63. The fraction of sp³-hybridized carbons (Fsp3) is 0.214. The van der Waals surface area contributed by atoms with E-state index in [2.05, 4.69) is 10.2 Å². The zero-order valence-corrected chi connectivity index (χ0v) is 11.3. The van der Waals surface area contributed by atoms with Gasteiger partial charge in [-0.25, -0.2) is 4.52 Å². The number of ether oxygens (including phenoxy) is 1. The van der Waals surface area contributed by atoms with Crippen LogP contribution in [0.2, 0.25) is 0 Å². The number of fused-ring (bicyclic) bond motifs is 1.